The molecule has 0 spiro atoms. The van der Waals surface area contributed by atoms with Crippen LogP contribution in [0.25, 0.3) is 20.9 Å². The third kappa shape index (κ3) is 6.72. The normalized spacial score (nSPS) is 11.2. The number of unbranched alkanes of at least 4 members (excludes halogenated alkanes) is 3. The van der Waals surface area contributed by atoms with E-state index in [0.29, 0.717) is 0 Å². The summed E-state index contributed by atoms with van der Waals surface area (Å²) in [4.78, 5) is 2.31. The van der Waals surface area contributed by atoms with Crippen LogP contribution < -0.4 is 18.9 Å². The Labute approximate surface area is 215 Å². The van der Waals surface area contributed by atoms with E-state index in [9.17, 15) is 0 Å². The summed E-state index contributed by atoms with van der Waals surface area (Å²) in [5.74, 6) is 3.32. The largest absolute Gasteiger partial charge is 0.496 e. The quantitative estimate of drug-likeness (QED) is 0.222. The molecule has 0 radical (unpaired) electrons. The molecular weight excluding hydrogens is 456 g/mol. The average molecular weight is 497 g/mol. The van der Waals surface area contributed by atoms with Crippen LogP contribution >= 0.6 is 11.3 Å². The summed E-state index contributed by atoms with van der Waals surface area (Å²) in [7, 11) is 3.44. The van der Waals surface area contributed by atoms with Crippen LogP contribution in [0.3, 0.4) is 0 Å². The molecule has 3 aromatic rings. The smallest absolute Gasteiger partial charge is 0.132 e. The summed E-state index contributed by atoms with van der Waals surface area (Å²) in [6, 6.07) is 14.4. The molecule has 0 aliphatic carbocycles. The Hall–Kier alpha value is -2.66. The topological polar surface area (TPSA) is 36.9 Å². The van der Waals surface area contributed by atoms with Crippen LogP contribution in [0.4, 0.5) is 0 Å². The molecule has 3 rings (SSSR count). The van der Waals surface area contributed by atoms with Gasteiger partial charge in [-0.15, -0.1) is 11.3 Å². The van der Waals surface area contributed by atoms with Crippen molar-refractivity contribution in [3.05, 3.63) is 48.0 Å². The minimum atomic E-state index is 0.0635. The van der Waals surface area contributed by atoms with Crippen LogP contribution in [-0.4, -0.2) is 26.4 Å². The molecule has 0 saturated heterocycles. The van der Waals surface area contributed by atoms with E-state index in [-0.39, 0.29) is 12.2 Å². The van der Waals surface area contributed by atoms with Crippen molar-refractivity contribution in [3.63, 3.8) is 0 Å². The molecule has 0 bridgehead atoms. The van der Waals surface area contributed by atoms with Gasteiger partial charge in [0.1, 0.15) is 23.0 Å². The zero-order valence-electron chi connectivity index (χ0n) is 22.3. The van der Waals surface area contributed by atoms with E-state index >= 15 is 0 Å². The number of hydrogen-bond donors (Lipinski definition) is 0. The van der Waals surface area contributed by atoms with Crippen molar-refractivity contribution in [1.29, 1.82) is 0 Å². The van der Waals surface area contributed by atoms with E-state index in [0.717, 1.165) is 51.8 Å². The van der Waals surface area contributed by atoms with Crippen molar-refractivity contribution in [1.82, 2.24) is 0 Å². The van der Waals surface area contributed by atoms with Crippen molar-refractivity contribution >= 4 is 11.3 Å². The Kier molecular flexibility index (Phi) is 9.91. The average Bonchev–Trinajstić information content (AvgIpc) is 3.23. The first-order chi connectivity index (χ1) is 16.9. The van der Waals surface area contributed by atoms with Crippen LogP contribution in [0.2, 0.25) is 0 Å². The van der Waals surface area contributed by atoms with Crippen molar-refractivity contribution < 1.29 is 18.9 Å². The van der Waals surface area contributed by atoms with Crippen LogP contribution in [-0.2, 0) is 6.42 Å². The Morgan fingerprint density at radius 1 is 0.714 bits per heavy atom. The first-order valence-electron chi connectivity index (χ1n) is 12.7. The maximum absolute atomic E-state index is 6.25. The number of methoxy groups -OCH3 is 2. The zero-order chi connectivity index (χ0) is 25.4. The molecule has 0 N–H and O–H groups in total. The second-order valence-electron chi connectivity index (χ2n) is 9.28. The van der Waals surface area contributed by atoms with Gasteiger partial charge in [-0.05, 0) is 76.4 Å². The molecule has 0 amide bonds. The fourth-order valence-electron chi connectivity index (χ4n) is 4.22. The van der Waals surface area contributed by atoms with Gasteiger partial charge in [-0.2, -0.15) is 0 Å². The SMILES string of the molecule is CCCCCCc1cc(-c2c(OC)cccc2OC(C)C)sc1-c1c(OC)cccc1OC(C)C. The fourth-order valence-corrected chi connectivity index (χ4v) is 5.54. The third-order valence-corrected chi connectivity index (χ3v) is 6.94. The van der Waals surface area contributed by atoms with Gasteiger partial charge in [-0.25, -0.2) is 0 Å². The van der Waals surface area contributed by atoms with Gasteiger partial charge in [0.2, 0.25) is 0 Å². The van der Waals surface area contributed by atoms with E-state index in [2.05, 4.69) is 26.8 Å². The van der Waals surface area contributed by atoms with Gasteiger partial charge in [0.15, 0.2) is 0 Å². The maximum Gasteiger partial charge on any atom is 0.132 e. The molecule has 35 heavy (non-hydrogen) atoms. The molecule has 4 nitrogen and oxygen atoms in total. The predicted octanol–water partition coefficient (Wildman–Crippen LogP) is 8.80. The van der Waals surface area contributed by atoms with Crippen molar-refractivity contribution in [2.24, 2.45) is 0 Å². The van der Waals surface area contributed by atoms with Gasteiger partial charge in [0.05, 0.1) is 37.6 Å². The van der Waals surface area contributed by atoms with Gasteiger partial charge in [0, 0.05) is 9.75 Å². The van der Waals surface area contributed by atoms with Gasteiger partial charge < -0.3 is 18.9 Å². The highest BCUT2D eigenvalue weighted by Gasteiger charge is 2.23. The number of ether oxygens (including phenoxy) is 4. The molecule has 5 heteroatoms. The highest BCUT2D eigenvalue weighted by molar-refractivity contribution is 7.19. The molecule has 2 aromatic carbocycles. The van der Waals surface area contributed by atoms with E-state index < -0.39 is 0 Å². The minimum Gasteiger partial charge on any atom is -0.496 e. The Balaban J connectivity index is 2.21. The van der Waals surface area contributed by atoms with Crippen molar-refractivity contribution in [2.45, 2.75) is 78.9 Å². The molecular formula is C30H40O4S. The van der Waals surface area contributed by atoms with Gasteiger partial charge in [-0.1, -0.05) is 38.3 Å². The fraction of sp³-hybridized carbons (Fsp3) is 0.467. The second kappa shape index (κ2) is 12.9. The number of thiophene rings is 1. The summed E-state index contributed by atoms with van der Waals surface area (Å²) in [6.07, 6.45) is 5.97. The Bertz CT molecular complexity index is 1080. The number of hydrogen-bond acceptors (Lipinski definition) is 5. The first-order valence-corrected chi connectivity index (χ1v) is 13.5. The summed E-state index contributed by atoms with van der Waals surface area (Å²) < 4.78 is 24.1. The molecule has 190 valence electrons. The lowest BCUT2D eigenvalue weighted by molar-refractivity contribution is 0.242. The lowest BCUT2D eigenvalue weighted by Crippen LogP contribution is -2.07. The lowest BCUT2D eigenvalue weighted by atomic mass is 10.0. The monoisotopic (exact) mass is 496 g/mol. The first kappa shape index (κ1) is 26.9. The highest BCUT2D eigenvalue weighted by Crippen LogP contribution is 2.50. The van der Waals surface area contributed by atoms with Gasteiger partial charge >= 0.3 is 0 Å². The summed E-state index contributed by atoms with van der Waals surface area (Å²) in [6.45, 7) is 10.5. The lowest BCUT2D eigenvalue weighted by Gasteiger charge is -2.17. The third-order valence-electron chi connectivity index (χ3n) is 5.72. The van der Waals surface area contributed by atoms with Crippen LogP contribution in [0.1, 0.15) is 65.9 Å². The molecule has 0 atom stereocenters. The molecule has 0 fully saturated rings. The van der Waals surface area contributed by atoms with E-state index in [1.54, 1.807) is 25.6 Å². The number of benzene rings is 2. The van der Waals surface area contributed by atoms with Crippen LogP contribution in [0, 0.1) is 0 Å². The van der Waals surface area contributed by atoms with Crippen molar-refractivity contribution in [2.75, 3.05) is 14.2 Å². The number of rotatable bonds is 13. The molecule has 1 heterocycles. The molecule has 0 aliphatic heterocycles. The number of aryl methyl sites for hydroxylation is 1. The molecule has 0 aliphatic rings. The summed E-state index contributed by atoms with van der Waals surface area (Å²) in [5.41, 5.74) is 3.32. The van der Waals surface area contributed by atoms with E-state index in [1.165, 1.54) is 29.7 Å². The predicted molar refractivity (Wildman–Crippen MR) is 148 cm³/mol. The second-order valence-corrected chi connectivity index (χ2v) is 10.3. The van der Waals surface area contributed by atoms with Gasteiger partial charge in [-0.3, -0.25) is 0 Å². The van der Waals surface area contributed by atoms with Crippen molar-refractivity contribution in [3.8, 4) is 43.9 Å². The highest BCUT2D eigenvalue weighted by atomic mass is 32.1. The zero-order valence-corrected chi connectivity index (χ0v) is 23.1. The van der Waals surface area contributed by atoms with E-state index in [4.69, 9.17) is 18.9 Å². The van der Waals surface area contributed by atoms with Crippen LogP contribution in [0.15, 0.2) is 42.5 Å². The standard InChI is InChI=1S/C30H40O4S/c1-8-9-10-11-14-22-19-27(28-23(31-6)15-12-17-25(28)33-20(2)3)35-30(22)29-24(32-7)16-13-18-26(29)34-21(4)5/h12-13,15-21H,8-11,14H2,1-7H3. The molecule has 1 aromatic heterocycles. The molecule has 0 unspecified atom stereocenters. The summed E-state index contributed by atoms with van der Waals surface area (Å²) >= 11 is 1.75. The Morgan fingerprint density at radius 2 is 1.26 bits per heavy atom. The molecule has 0 saturated carbocycles. The van der Waals surface area contributed by atoms with Gasteiger partial charge in [0.25, 0.3) is 0 Å². The van der Waals surface area contributed by atoms with Crippen LogP contribution in [0.5, 0.6) is 23.0 Å². The minimum absolute atomic E-state index is 0.0635. The van der Waals surface area contributed by atoms with E-state index in [1.807, 2.05) is 50.2 Å². The Morgan fingerprint density at radius 3 is 1.80 bits per heavy atom. The summed E-state index contributed by atoms with van der Waals surface area (Å²) in [5, 5.41) is 0. The maximum atomic E-state index is 6.25.